The van der Waals surface area contributed by atoms with Crippen molar-refractivity contribution < 1.29 is 19.1 Å². The van der Waals surface area contributed by atoms with E-state index in [1.54, 1.807) is 25.4 Å². The van der Waals surface area contributed by atoms with E-state index in [-0.39, 0.29) is 23.2 Å². The normalized spacial score (nSPS) is 25.6. The molecule has 4 fully saturated rings. The Bertz CT molecular complexity index is 1350. The van der Waals surface area contributed by atoms with Gasteiger partial charge in [-0.25, -0.2) is 14.8 Å². The van der Waals surface area contributed by atoms with Crippen molar-refractivity contribution in [1.29, 1.82) is 0 Å². The fraction of sp³-hybridized carbons (Fsp3) is 0.375. The van der Waals surface area contributed by atoms with Gasteiger partial charge in [-0.15, -0.1) is 0 Å². The molecule has 0 aliphatic heterocycles. The van der Waals surface area contributed by atoms with E-state index in [2.05, 4.69) is 28.2 Å². The van der Waals surface area contributed by atoms with E-state index in [0.29, 0.717) is 30.7 Å². The zero-order valence-corrected chi connectivity index (χ0v) is 21.6. The maximum atomic E-state index is 12.9. The van der Waals surface area contributed by atoms with Gasteiger partial charge in [0.15, 0.2) is 5.82 Å². The molecule has 194 valence electrons. The third kappa shape index (κ3) is 4.75. The van der Waals surface area contributed by atoms with Crippen LogP contribution >= 0.6 is 0 Å². The maximum Gasteiger partial charge on any atom is 0.330 e. The summed E-state index contributed by atoms with van der Waals surface area (Å²) in [6, 6.07) is 16.5. The highest BCUT2D eigenvalue weighted by atomic mass is 16.5. The summed E-state index contributed by atoms with van der Waals surface area (Å²) < 4.78 is 11.4. The molecular formula is C32H32N2O4. The van der Waals surface area contributed by atoms with Gasteiger partial charge in [0.05, 0.1) is 6.61 Å². The van der Waals surface area contributed by atoms with Gasteiger partial charge in [-0.1, -0.05) is 30.3 Å². The van der Waals surface area contributed by atoms with Crippen molar-refractivity contribution in [1.82, 2.24) is 9.97 Å². The molecule has 1 aromatic heterocycles. The molecule has 4 aliphatic carbocycles. The molecule has 38 heavy (non-hydrogen) atoms. The number of benzene rings is 2. The zero-order chi connectivity index (χ0) is 26.1. The average molecular weight is 509 g/mol. The first-order valence-electron chi connectivity index (χ1n) is 13.6. The SMILES string of the molecule is CCOC(=O)/C=C/c1cnc(-c2ccc(OCc3ccccc3)c(C34CC5CC(C3)C(=O)C(C5)C4)c2)nc1. The third-order valence-electron chi connectivity index (χ3n) is 8.41. The second-order valence-electron chi connectivity index (χ2n) is 10.9. The highest BCUT2D eigenvalue weighted by molar-refractivity contribution is 5.87. The number of ketones is 1. The Morgan fingerprint density at radius 2 is 1.76 bits per heavy atom. The average Bonchev–Trinajstić information content (AvgIpc) is 2.94. The van der Waals surface area contributed by atoms with E-state index in [4.69, 9.17) is 9.47 Å². The van der Waals surface area contributed by atoms with Gasteiger partial charge in [-0.05, 0) is 74.8 Å². The number of hydrogen-bond acceptors (Lipinski definition) is 6. The monoisotopic (exact) mass is 508 g/mol. The summed E-state index contributed by atoms with van der Waals surface area (Å²) in [7, 11) is 0. The molecule has 2 unspecified atom stereocenters. The quantitative estimate of drug-likeness (QED) is 0.277. The van der Waals surface area contributed by atoms with Crippen LogP contribution in [0.2, 0.25) is 0 Å². The number of carbonyl (C=O) groups is 2. The van der Waals surface area contributed by atoms with Crippen molar-refractivity contribution in [3.8, 4) is 17.1 Å². The Balaban J connectivity index is 1.32. The molecule has 3 aromatic rings. The Hall–Kier alpha value is -3.80. The number of hydrogen-bond donors (Lipinski definition) is 0. The molecule has 0 N–H and O–H groups in total. The van der Waals surface area contributed by atoms with Crippen molar-refractivity contribution in [2.75, 3.05) is 6.61 Å². The highest BCUT2D eigenvalue weighted by Gasteiger charge is 2.56. The molecule has 2 atom stereocenters. The van der Waals surface area contributed by atoms with Crippen molar-refractivity contribution >= 4 is 17.8 Å². The van der Waals surface area contributed by atoms with Crippen LogP contribution in [0, 0.1) is 17.8 Å². The molecule has 0 amide bonds. The standard InChI is InChI=1S/C32H32N2O4/c1-2-37-29(35)11-8-22-18-33-31(34-19-22)24-9-10-28(38-20-21-6-4-3-5-7-21)27(14-24)32-15-23-12-25(16-32)30(36)26(13-23)17-32/h3-11,14,18-19,23,25-26H,2,12-13,15-17,20H2,1H3/b11-8+. The molecule has 1 heterocycles. The third-order valence-corrected chi connectivity index (χ3v) is 8.41. The number of rotatable bonds is 8. The van der Waals surface area contributed by atoms with E-state index in [9.17, 15) is 9.59 Å². The van der Waals surface area contributed by atoms with E-state index in [1.807, 2.05) is 30.3 Å². The molecular weight excluding hydrogens is 476 g/mol. The molecule has 0 saturated heterocycles. The second-order valence-corrected chi connectivity index (χ2v) is 10.9. The van der Waals surface area contributed by atoms with Crippen LogP contribution in [0.1, 0.15) is 55.7 Å². The van der Waals surface area contributed by atoms with E-state index in [1.165, 1.54) is 11.6 Å². The van der Waals surface area contributed by atoms with Crippen molar-refractivity contribution in [2.45, 2.75) is 51.0 Å². The van der Waals surface area contributed by atoms with Gasteiger partial charge in [-0.2, -0.15) is 0 Å². The lowest BCUT2D eigenvalue weighted by Gasteiger charge is -2.56. The molecule has 0 spiro atoms. The van der Waals surface area contributed by atoms with E-state index < -0.39 is 0 Å². The van der Waals surface area contributed by atoms with E-state index >= 15 is 0 Å². The minimum Gasteiger partial charge on any atom is -0.489 e. The summed E-state index contributed by atoms with van der Waals surface area (Å²) in [5.41, 5.74) is 3.92. The fourth-order valence-corrected chi connectivity index (χ4v) is 6.95. The number of nitrogens with zero attached hydrogens (tertiary/aromatic N) is 2. The van der Waals surface area contributed by atoms with Crippen LogP contribution in [0.5, 0.6) is 5.75 Å². The zero-order valence-electron chi connectivity index (χ0n) is 21.6. The lowest BCUT2D eigenvalue weighted by molar-refractivity contribution is -0.142. The lowest BCUT2D eigenvalue weighted by Crippen LogP contribution is -2.53. The van der Waals surface area contributed by atoms with Crippen LogP contribution in [-0.2, 0) is 26.3 Å². The van der Waals surface area contributed by atoms with Gasteiger partial charge in [0.1, 0.15) is 18.1 Å². The van der Waals surface area contributed by atoms with E-state index in [0.717, 1.165) is 54.5 Å². The maximum absolute atomic E-state index is 12.9. The molecule has 7 rings (SSSR count). The summed E-state index contributed by atoms with van der Waals surface area (Å²) >= 11 is 0. The Labute approximate surface area is 223 Å². The topological polar surface area (TPSA) is 78.4 Å². The van der Waals surface area contributed by atoms with Gasteiger partial charge in [-0.3, -0.25) is 4.79 Å². The predicted octanol–water partition coefficient (Wildman–Crippen LogP) is 5.95. The second kappa shape index (κ2) is 10.2. The molecule has 2 aromatic carbocycles. The van der Waals surface area contributed by atoms with Crippen LogP contribution in [-0.4, -0.2) is 28.3 Å². The molecule has 4 saturated carbocycles. The van der Waals surface area contributed by atoms with Crippen LogP contribution in [0.4, 0.5) is 0 Å². The first-order valence-corrected chi connectivity index (χ1v) is 13.6. The Morgan fingerprint density at radius 1 is 1.03 bits per heavy atom. The first kappa shape index (κ1) is 24.5. The number of Topliss-reactive ketones (excluding diaryl/α,β-unsaturated/α-hetero) is 1. The highest BCUT2D eigenvalue weighted by Crippen LogP contribution is 2.61. The lowest BCUT2D eigenvalue weighted by atomic mass is 9.47. The summed E-state index contributed by atoms with van der Waals surface area (Å²) in [4.78, 5) is 33.7. The molecule has 4 bridgehead atoms. The molecule has 4 aliphatic rings. The predicted molar refractivity (Wildman–Crippen MR) is 144 cm³/mol. The van der Waals surface area contributed by atoms with Gasteiger partial charge in [0.2, 0.25) is 0 Å². The Morgan fingerprint density at radius 3 is 2.47 bits per heavy atom. The van der Waals surface area contributed by atoms with Crippen LogP contribution in [0.25, 0.3) is 17.5 Å². The largest absolute Gasteiger partial charge is 0.489 e. The van der Waals surface area contributed by atoms with Crippen molar-refractivity contribution in [3.05, 3.63) is 83.7 Å². The Kier molecular flexibility index (Phi) is 6.56. The number of carbonyl (C=O) groups excluding carboxylic acids is 2. The smallest absolute Gasteiger partial charge is 0.330 e. The van der Waals surface area contributed by atoms with Gasteiger partial charge < -0.3 is 9.47 Å². The fourth-order valence-electron chi connectivity index (χ4n) is 6.95. The summed E-state index contributed by atoms with van der Waals surface area (Å²) in [5, 5.41) is 0. The van der Waals surface area contributed by atoms with Gasteiger partial charge in [0.25, 0.3) is 0 Å². The number of ether oxygens (including phenoxy) is 2. The summed E-state index contributed by atoms with van der Waals surface area (Å²) in [6.45, 7) is 2.61. The molecule has 6 nitrogen and oxygen atoms in total. The molecule has 6 heteroatoms. The summed E-state index contributed by atoms with van der Waals surface area (Å²) in [6.07, 6.45) is 11.5. The van der Waals surface area contributed by atoms with Crippen LogP contribution in [0.15, 0.2) is 67.0 Å². The minimum absolute atomic E-state index is 0.0469. The minimum atomic E-state index is -0.388. The van der Waals surface area contributed by atoms with Crippen LogP contribution < -0.4 is 4.74 Å². The van der Waals surface area contributed by atoms with Crippen molar-refractivity contribution in [2.24, 2.45) is 17.8 Å². The van der Waals surface area contributed by atoms with Gasteiger partial charge >= 0.3 is 5.97 Å². The van der Waals surface area contributed by atoms with Gasteiger partial charge in [0, 0.05) is 52.4 Å². The number of aromatic nitrogens is 2. The van der Waals surface area contributed by atoms with Crippen molar-refractivity contribution in [3.63, 3.8) is 0 Å². The number of esters is 1. The first-order chi connectivity index (χ1) is 18.5. The molecule has 0 radical (unpaired) electrons. The van der Waals surface area contributed by atoms with Crippen LogP contribution in [0.3, 0.4) is 0 Å². The summed E-state index contributed by atoms with van der Waals surface area (Å²) in [5.74, 6) is 2.56.